The molecule has 0 saturated carbocycles. The Bertz CT molecular complexity index is 902. The smallest absolute Gasteiger partial charge is 0.0651 e. The van der Waals surface area contributed by atoms with Crippen molar-refractivity contribution >= 4 is 22.3 Å². The fourth-order valence-electron chi connectivity index (χ4n) is 4.44. The molecular weight excluding hydrogens is 322 g/mol. The van der Waals surface area contributed by atoms with E-state index in [4.69, 9.17) is 0 Å². The van der Waals surface area contributed by atoms with Gasteiger partial charge in [-0.15, -0.1) is 0 Å². The van der Waals surface area contributed by atoms with Crippen LogP contribution in [-0.2, 0) is 0 Å². The van der Waals surface area contributed by atoms with Crippen LogP contribution in [0.5, 0.6) is 0 Å². The Morgan fingerprint density at radius 2 is 2.15 bits per heavy atom. The Morgan fingerprint density at radius 1 is 1.19 bits per heavy atom. The minimum absolute atomic E-state index is 0.512. The summed E-state index contributed by atoms with van der Waals surface area (Å²) in [4.78, 5) is 2.63. The van der Waals surface area contributed by atoms with E-state index < -0.39 is 0 Å². The number of hydrogen-bond donors (Lipinski definition) is 3. The van der Waals surface area contributed by atoms with Gasteiger partial charge in [-0.25, -0.2) is 0 Å². The highest BCUT2D eigenvalue weighted by Crippen LogP contribution is 2.32. The van der Waals surface area contributed by atoms with Crippen LogP contribution in [0.3, 0.4) is 0 Å². The van der Waals surface area contributed by atoms with Gasteiger partial charge in [0, 0.05) is 48.4 Å². The number of aromatic amines is 1. The summed E-state index contributed by atoms with van der Waals surface area (Å²) in [6, 6.07) is 15.7. The number of hydrogen-bond acceptors (Lipinski definition) is 4. The third kappa shape index (κ3) is 3.03. The Morgan fingerprint density at radius 3 is 3.15 bits per heavy atom. The number of piperidine rings is 1. The van der Waals surface area contributed by atoms with Crippen LogP contribution in [0.1, 0.15) is 24.3 Å². The van der Waals surface area contributed by atoms with E-state index in [0.717, 1.165) is 30.5 Å². The Labute approximate surface area is 153 Å². The number of para-hydroxylation sites is 1. The minimum atomic E-state index is 0.512. The van der Waals surface area contributed by atoms with Crippen molar-refractivity contribution in [3.05, 3.63) is 54.2 Å². The summed E-state index contributed by atoms with van der Waals surface area (Å²) in [5.74, 6) is 0.604. The van der Waals surface area contributed by atoms with Gasteiger partial charge in [-0.1, -0.05) is 18.2 Å². The first-order chi connectivity index (χ1) is 12.8. The molecule has 134 valence electrons. The van der Waals surface area contributed by atoms with E-state index in [1.165, 1.54) is 36.3 Å². The largest absolute Gasteiger partial charge is 0.384 e. The molecule has 26 heavy (non-hydrogen) atoms. The molecule has 5 heteroatoms. The van der Waals surface area contributed by atoms with Crippen molar-refractivity contribution < 1.29 is 0 Å². The molecule has 5 nitrogen and oxygen atoms in total. The van der Waals surface area contributed by atoms with Gasteiger partial charge in [-0.2, -0.15) is 5.10 Å². The SMILES string of the molecule is c1ccc2c(c1)NCC2CN1CCC[C@@H](Nc2ccc3[nH]ncc3c2)C1. The quantitative estimate of drug-likeness (QED) is 0.674. The van der Waals surface area contributed by atoms with Crippen LogP contribution in [0.25, 0.3) is 10.9 Å². The van der Waals surface area contributed by atoms with Gasteiger partial charge in [0.2, 0.25) is 0 Å². The second kappa shape index (κ2) is 6.65. The first kappa shape index (κ1) is 15.7. The van der Waals surface area contributed by atoms with E-state index in [9.17, 15) is 0 Å². The van der Waals surface area contributed by atoms with Crippen LogP contribution in [0.15, 0.2) is 48.7 Å². The third-order valence-corrected chi connectivity index (χ3v) is 5.73. The molecule has 3 heterocycles. The van der Waals surface area contributed by atoms with Gasteiger partial charge in [0.05, 0.1) is 11.7 Å². The van der Waals surface area contributed by atoms with Crippen molar-refractivity contribution in [2.75, 3.05) is 36.8 Å². The maximum atomic E-state index is 4.11. The van der Waals surface area contributed by atoms with E-state index in [2.05, 4.69) is 68.2 Å². The number of nitrogens with one attached hydrogen (secondary N) is 3. The Hall–Kier alpha value is -2.53. The maximum Gasteiger partial charge on any atom is 0.0651 e. The molecule has 3 aromatic rings. The number of aromatic nitrogens is 2. The number of anilines is 2. The fourth-order valence-corrected chi connectivity index (χ4v) is 4.44. The number of likely N-dealkylation sites (tertiary alicyclic amines) is 1. The van der Waals surface area contributed by atoms with Crippen molar-refractivity contribution in [3.63, 3.8) is 0 Å². The van der Waals surface area contributed by atoms with Gasteiger partial charge in [-0.05, 0) is 49.2 Å². The normalized spacial score (nSPS) is 22.9. The van der Waals surface area contributed by atoms with Gasteiger partial charge in [0.15, 0.2) is 0 Å². The summed E-state index contributed by atoms with van der Waals surface area (Å²) < 4.78 is 0. The standard InChI is InChI=1S/C21H25N5/c1-2-6-21-19(5-1)16(11-22-21)13-26-9-3-4-18(14-26)24-17-7-8-20-15(10-17)12-23-25-20/h1-2,5-8,10,12,16,18,22,24H,3-4,9,11,13-14H2,(H,23,25)/t16?,18-/m1/s1. The van der Waals surface area contributed by atoms with Crippen molar-refractivity contribution in [1.29, 1.82) is 0 Å². The molecule has 5 rings (SSSR count). The first-order valence-electron chi connectivity index (χ1n) is 9.60. The average Bonchev–Trinajstić information content (AvgIpc) is 3.29. The lowest BCUT2D eigenvalue weighted by molar-refractivity contribution is 0.207. The molecule has 2 atom stereocenters. The zero-order valence-corrected chi connectivity index (χ0v) is 14.9. The van der Waals surface area contributed by atoms with Crippen LogP contribution in [0.2, 0.25) is 0 Å². The number of rotatable bonds is 4. The van der Waals surface area contributed by atoms with Crippen molar-refractivity contribution in [2.24, 2.45) is 0 Å². The van der Waals surface area contributed by atoms with Crippen molar-refractivity contribution in [1.82, 2.24) is 15.1 Å². The van der Waals surface area contributed by atoms with E-state index in [0.29, 0.717) is 12.0 Å². The topological polar surface area (TPSA) is 56.0 Å². The van der Waals surface area contributed by atoms with Gasteiger partial charge in [0.1, 0.15) is 0 Å². The van der Waals surface area contributed by atoms with Crippen LogP contribution in [0.4, 0.5) is 11.4 Å². The van der Waals surface area contributed by atoms with Crippen LogP contribution < -0.4 is 10.6 Å². The van der Waals surface area contributed by atoms with E-state index >= 15 is 0 Å². The summed E-state index contributed by atoms with van der Waals surface area (Å²) in [7, 11) is 0. The zero-order chi connectivity index (χ0) is 17.3. The zero-order valence-electron chi connectivity index (χ0n) is 14.9. The van der Waals surface area contributed by atoms with Gasteiger partial charge in [0.25, 0.3) is 0 Å². The second-order valence-corrected chi connectivity index (χ2v) is 7.58. The first-order valence-corrected chi connectivity index (χ1v) is 9.60. The lowest BCUT2D eigenvalue weighted by atomic mass is 9.98. The van der Waals surface area contributed by atoms with E-state index in [1.54, 1.807) is 0 Å². The van der Waals surface area contributed by atoms with Crippen LogP contribution >= 0.6 is 0 Å². The summed E-state index contributed by atoms with van der Waals surface area (Å²) >= 11 is 0. The molecule has 0 aliphatic carbocycles. The maximum absolute atomic E-state index is 4.11. The summed E-state index contributed by atoms with van der Waals surface area (Å²) in [6.07, 6.45) is 4.38. The Kier molecular flexibility index (Phi) is 4.02. The number of benzene rings is 2. The molecule has 1 saturated heterocycles. The molecule has 3 N–H and O–H groups in total. The fraction of sp³-hybridized carbons (Fsp3) is 0.381. The van der Waals surface area contributed by atoms with Gasteiger partial charge >= 0.3 is 0 Å². The van der Waals surface area contributed by atoms with Crippen LogP contribution in [0, 0.1) is 0 Å². The predicted octanol–water partition coefficient (Wildman–Crippen LogP) is 3.65. The second-order valence-electron chi connectivity index (χ2n) is 7.58. The molecule has 2 aromatic carbocycles. The predicted molar refractivity (Wildman–Crippen MR) is 107 cm³/mol. The summed E-state index contributed by atoms with van der Waals surface area (Å²) in [5, 5.41) is 15.6. The number of nitrogens with zero attached hydrogens (tertiary/aromatic N) is 2. The lowest BCUT2D eigenvalue weighted by Crippen LogP contribution is -2.43. The van der Waals surface area contributed by atoms with E-state index in [-0.39, 0.29) is 0 Å². The molecule has 0 bridgehead atoms. The molecule has 1 fully saturated rings. The molecule has 0 amide bonds. The van der Waals surface area contributed by atoms with E-state index in [1.807, 2.05) is 6.20 Å². The minimum Gasteiger partial charge on any atom is -0.384 e. The third-order valence-electron chi connectivity index (χ3n) is 5.73. The molecule has 0 spiro atoms. The molecule has 1 unspecified atom stereocenters. The van der Waals surface area contributed by atoms with Crippen LogP contribution in [-0.4, -0.2) is 47.3 Å². The highest BCUT2D eigenvalue weighted by molar-refractivity contribution is 5.81. The van der Waals surface area contributed by atoms with Gasteiger partial charge < -0.3 is 15.5 Å². The Balaban J connectivity index is 1.24. The average molecular weight is 347 g/mol. The molecule has 0 radical (unpaired) electrons. The number of fused-ring (bicyclic) bond motifs is 2. The lowest BCUT2D eigenvalue weighted by Gasteiger charge is -2.35. The monoisotopic (exact) mass is 347 g/mol. The molecular formula is C21H25N5. The molecule has 2 aliphatic rings. The summed E-state index contributed by atoms with van der Waals surface area (Å²) in [6.45, 7) is 4.52. The highest BCUT2D eigenvalue weighted by Gasteiger charge is 2.27. The molecule has 1 aromatic heterocycles. The van der Waals surface area contributed by atoms with Gasteiger partial charge in [-0.3, -0.25) is 5.10 Å². The van der Waals surface area contributed by atoms with Crippen molar-refractivity contribution in [3.8, 4) is 0 Å². The van der Waals surface area contributed by atoms with Crippen molar-refractivity contribution in [2.45, 2.75) is 24.8 Å². The summed E-state index contributed by atoms with van der Waals surface area (Å²) in [5.41, 5.74) is 5.08. The number of H-pyrrole nitrogens is 1. The highest BCUT2D eigenvalue weighted by atomic mass is 15.2. The molecule has 2 aliphatic heterocycles.